The molecule has 0 aliphatic heterocycles. The van der Waals surface area contributed by atoms with Gasteiger partial charge in [0, 0.05) is 0 Å². The lowest BCUT2D eigenvalue weighted by Crippen LogP contribution is -2.38. The van der Waals surface area contributed by atoms with Crippen molar-refractivity contribution in [2.24, 2.45) is 0 Å². The number of amides is 1. The van der Waals surface area contributed by atoms with E-state index in [2.05, 4.69) is 0 Å². The molecule has 0 aromatic heterocycles. The van der Waals surface area contributed by atoms with Crippen LogP contribution < -0.4 is 10.2 Å². The topological polar surface area (TPSA) is 73.9 Å². The number of esters is 1. The number of benzene rings is 1. The van der Waals surface area contributed by atoms with Crippen molar-refractivity contribution in [3.63, 3.8) is 0 Å². The highest BCUT2D eigenvalue weighted by Crippen LogP contribution is 2.48. The SMILES string of the molecule is CC(ONC(=O)OC(C)(C)C)C(=O)Oc1c(Cl)c(Cl)c(Cl)c(Cl)c1Cl. The number of halogens is 5. The zero-order chi connectivity index (χ0) is 19.5. The van der Waals surface area contributed by atoms with Gasteiger partial charge in [-0.3, -0.25) is 4.84 Å². The summed E-state index contributed by atoms with van der Waals surface area (Å²) in [5.41, 5.74) is 1.24. The maximum absolute atomic E-state index is 12.0. The van der Waals surface area contributed by atoms with Crippen LogP contribution in [0.25, 0.3) is 0 Å². The van der Waals surface area contributed by atoms with E-state index in [1.807, 2.05) is 5.48 Å². The van der Waals surface area contributed by atoms with Gasteiger partial charge in [-0.1, -0.05) is 58.0 Å². The molecular formula is C14H14Cl5NO5. The lowest BCUT2D eigenvalue weighted by atomic mass is 10.2. The van der Waals surface area contributed by atoms with Crippen molar-refractivity contribution in [2.45, 2.75) is 39.4 Å². The molecule has 1 aromatic rings. The average molecular weight is 454 g/mol. The summed E-state index contributed by atoms with van der Waals surface area (Å²) in [5.74, 6) is -1.20. The third-order valence-corrected chi connectivity index (χ3v) is 4.66. The van der Waals surface area contributed by atoms with Crippen molar-refractivity contribution in [3.05, 3.63) is 25.1 Å². The predicted molar refractivity (Wildman–Crippen MR) is 97.0 cm³/mol. The Kier molecular flexibility index (Phi) is 7.93. The number of hydrogen-bond acceptors (Lipinski definition) is 5. The first-order chi connectivity index (χ1) is 11.3. The van der Waals surface area contributed by atoms with E-state index in [0.29, 0.717) is 0 Å². The third kappa shape index (κ3) is 6.24. The van der Waals surface area contributed by atoms with Crippen LogP contribution in [0.3, 0.4) is 0 Å². The fraction of sp³-hybridized carbons (Fsp3) is 0.429. The molecule has 25 heavy (non-hydrogen) atoms. The normalized spacial score (nSPS) is 12.5. The Hall–Kier alpha value is -0.630. The summed E-state index contributed by atoms with van der Waals surface area (Å²) in [5, 5.41) is -0.709. The highest BCUT2D eigenvalue weighted by Gasteiger charge is 2.26. The molecule has 1 unspecified atom stereocenters. The van der Waals surface area contributed by atoms with Crippen molar-refractivity contribution in [1.82, 2.24) is 5.48 Å². The van der Waals surface area contributed by atoms with Gasteiger partial charge in [0.1, 0.15) is 15.6 Å². The molecule has 6 nitrogen and oxygen atoms in total. The van der Waals surface area contributed by atoms with Crippen LogP contribution in [0.15, 0.2) is 0 Å². The Labute approximate surface area is 169 Å². The molecule has 0 fully saturated rings. The Morgan fingerprint density at radius 1 is 0.920 bits per heavy atom. The van der Waals surface area contributed by atoms with E-state index in [0.717, 1.165) is 0 Å². The van der Waals surface area contributed by atoms with Crippen LogP contribution in [0.2, 0.25) is 25.1 Å². The molecular weight excluding hydrogens is 439 g/mol. The first-order valence-electron chi connectivity index (χ1n) is 6.73. The number of nitrogens with one attached hydrogen (secondary N) is 1. The fourth-order valence-corrected chi connectivity index (χ4v) is 2.54. The number of hydrogen-bond donors (Lipinski definition) is 1. The van der Waals surface area contributed by atoms with Crippen LogP contribution >= 0.6 is 58.0 Å². The van der Waals surface area contributed by atoms with Crippen LogP contribution in [0.4, 0.5) is 4.79 Å². The summed E-state index contributed by atoms with van der Waals surface area (Å²) in [6.45, 7) is 6.33. The van der Waals surface area contributed by atoms with Crippen molar-refractivity contribution in [2.75, 3.05) is 0 Å². The lowest BCUT2D eigenvalue weighted by Gasteiger charge is -2.20. The van der Waals surface area contributed by atoms with Gasteiger partial charge in [-0.2, -0.15) is 5.48 Å². The number of carbonyl (C=O) groups excluding carboxylic acids is 2. The molecule has 140 valence electrons. The van der Waals surface area contributed by atoms with Crippen molar-refractivity contribution < 1.29 is 23.9 Å². The van der Waals surface area contributed by atoms with Gasteiger partial charge in [0.2, 0.25) is 0 Å². The molecule has 0 bridgehead atoms. The van der Waals surface area contributed by atoms with E-state index in [1.54, 1.807) is 20.8 Å². The van der Waals surface area contributed by atoms with E-state index < -0.39 is 23.8 Å². The Morgan fingerprint density at radius 3 is 1.80 bits per heavy atom. The maximum atomic E-state index is 12.0. The minimum atomic E-state index is -1.21. The second-order valence-electron chi connectivity index (χ2n) is 5.68. The lowest BCUT2D eigenvalue weighted by molar-refractivity contribution is -0.150. The van der Waals surface area contributed by atoms with Gasteiger partial charge in [-0.15, -0.1) is 0 Å². The summed E-state index contributed by atoms with van der Waals surface area (Å²) < 4.78 is 9.99. The molecule has 0 saturated heterocycles. The second-order valence-corrected chi connectivity index (χ2v) is 7.57. The predicted octanol–water partition coefficient (Wildman–Crippen LogP) is 5.70. The van der Waals surface area contributed by atoms with Gasteiger partial charge in [0.05, 0.1) is 15.1 Å². The zero-order valence-electron chi connectivity index (χ0n) is 13.5. The summed E-state index contributed by atoms with van der Waals surface area (Å²) in [6, 6.07) is 0. The maximum Gasteiger partial charge on any atom is 0.431 e. The van der Waals surface area contributed by atoms with Gasteiger partial charge in [0.25, 0.3) is 0 Å². The van der Waals surface area contributed by atoms with Crippen molar-refractivity contribution in [3.8, 4) is 5.75 Å². The average Bonchev–Trinajstić information content (AvgIpc) is 2.51. The van der Waals surface area contributed by atoms with Crippen molar-refractivity contribution >= 4 is 70.1 Å². The van der Waals surface area contributed by atoms with Crippen molar-refractivity contribution in [1.29, 1.82) is 0 Å². The highest BCUT2D eigenvalue weighted by molar-refractivity contribution is 6.55. The first kappa shape index (κ1) is 22.4. The van der Waals surface area contributed by atoms with E-state index >= 15 is 0 Å². The van der Waals surface area contributed by atoms with E-state index in [4.69, 9.17) is 72.3 Å². The second kappa shape index (κ2) is 8.84. The summed E-state index contributed by atoms with van der Waals surface area (Å²) >= 11 is 29.5. The molecule has 0 radical (unpaired) electrons. The Morgan fingerprint density at radius 2 is 1.36 bits per heavy atom. The quantitative estimate of drug-likeness (QED) is 0.208. The van der Waals surface area contributed by atoms with E-state index in [1.165, 1.54) is 6.92 Å². The minimum Gasteiger partial charge on any atom is -0.442 e. The molecule has 1 N–H and O–H groups in total. The third-order valence-electron chi connectivity index (χ3n) is 2.42. The van der Waals surface area contributed by atoms with Crippen LogP contribution in [0.1, 0.15) is 27.7 Å². The molecule has 0 heterocycles. The molecule has 0 aliphatic rings. The molecule has 0 spiro atoms. The monoisotopic (exact) mass is 451 g/mol. The number of hydroxylamine groups is 1. The minimum absolute atomic E-state index is 0.0750. The molecule has 0 aliphatic carbocycles. The zero-order valence-corrected chi connectivity index (χ0v) is 17.3. The summed E-state index contributed by atoms with van der Waals surface area (Å²) in [4.78, 5) is 28.4. The fourth-order valence-electron chi connectivity index (χ4n) is 1.34. The van der Waals surface area contributed by atoms with E-state index in [9.17, 15) is 9.59 Å². The number of ether oxygens (including phenoxy) is 2. The standard InChI is InChI=1S/C14H14Cl5NO5/c1-5(25-20-13(22)24-14(2,3)4)12(21)23-11-9(18)7(16)6(15)8(17)10(11)19/h5H,1-4H3,(H,20,22). The number of carbonyl (C=O) groups is 2. The Bertz CT molecular complexity index is 660. The molecule has 0 saturated carbocycles. The molecule has 1 aromatic carbocycles. The smallest absolute Gasteiger partial charge is 0.431 e. The number of rotatable bonds is 4. The van der Waals surface area contributed by atoms with Crippen LogP contribution in [-0.2, 0) is 14.4 Å². The van der Waals surface area contributed by atoms with Gasteiger partial charge >= 0.3 is 12.1 Å². The largest absolute Gasteiger partial charge is 0.442 e. The van der Waals surface area contributed by atoms with Crippen LogP contribution in [-0.4, -0.2) is 23.8 Å². The first-order valence-corrected chi connectivity index (χ1v) is 8.62. The molecule has 1 rings (SSSR count). The van der Waals surface area contributed by atoms with Crippen LogP contribution in [0, 0.1) is 0 Å². The Balaban J connectivity index is 2.78. The molecule has 1 atom stereocenters. The highest BCUT2D eigenvalue weighted by atomic mass is 35.5. The summed E-state index contributed by atoms with van der Waals surface area (Å²) in [6.07, 6.45) is -2.09. The van der Waals surface area contributed by atoms with Crippen LogP contribution in [0.5, 0.6) is 5.75 Å². The van der Waals surface area contributed by atoms with Gasteiger partial charge in [-0.25, -0.2) is 9.59 Å². The van der Waals surface area contributed by atoms with Gasteiger partial charge in [-0.05, 0) is 27.7 Å². The van der Waals surface area contributed by atoms with Gasteiger partial charge in [0.15, 0.2) is 11.9 Å². The molecule has 1 amide bonds. The molecule has 11 heteroatoms. The van der Waals surface area contributed by atoms with Gasteiger partial charge < -0.3 is 9.47 Å². The van der Waals surface area contributed by atoms with E-state index in [-0.39, 0.29) is 30.9 Å². The summed E-state index contributed by atoms with van der Waals surface area (Å²) in [7, 11) is 0.